The number of urea groups is 1. The highest BCUT2D eigenvalue weighted by atomic mass is 16.5. The second-order valence-electron chi connectivity index (χ2n) is 6.78. The van der Waals surface area contributed by atoms with Crippen molar-refractivity contribution in [1.29, 1.82) is 0 Å². The van der Waals surface area contributed by atoms with Crippen molar-refractivity contribution in [3.05, 3.63) is 57.8 Å². The van der Waals surface area contributed by atoms with Gasteiger partial charge in [0.25, 0.3) is 5.56 Å². The van der Waals surface area contributed by atoms with Gasteiger partial charge in [-0.3, -0.25) is 14.0 Å². The van der Waals surface area contributed by atoms with E-state index in [1.807, 2.05) is 0 Å². The van der Waals surface area contributed by atoms with Gasteiger partial charge in [0, 0.05) is 7.05 Å². The van der Waals surface area contributed by atoms with E-state index >= 15 is 0 Å². The number of ether oxygens (including phenoxy) is 1. The third kappa shape index (κ3) is 3.34. The van der Waals surface area contributed by atoms with E-state index in [2.05, 4.69) is 20.7 Å². The van der Waals surface area contributed by atoms with Crippen LogP contribution >= 0.6 is 0 Å². The van der Waals surface area contributed by atoms with Gasteiger partial charge in [-0.1, -0.05) is 0 Å². The zero-order chi connectivity index (χ0) is 21.4. The third-order valence-electron chi connectivity index (χ3n) is 4.74. The number of carbonyl (C=O) groups is 2. The van der Waals surface area contributed by atoms with Crippen LogP contribution in [-0.4, -0.2) is 37.9 Å². The summed E-state index contributed by atoms with van der Waals surface area (Å²) in [5, 5.41) is 9.67. The molecule has 2 N–H and O–H groups in total. The number of amides is 2. The van der Waals surface area contributed by atoms with Crippen LogP contribution in [0.5, 0.6) is 0 Å². The number of carbonyl (C=O) groups excluding carboxylic acids is 2. The first-order chi connectivity index (χ1) is 14.4. The zero-order valence-electron chi connectivity index (χ0n) is 16.6. The van der Waals surface area contributed by atoms with Crippen LogP contribution in [0.4, 0.5) is 4.79 Å². The molecule has 11 nitrogen and oxygen atoms in total. The van der Waals surface area contributed by atoms with Crippen LogP contribution in [0, 0.1) is 6.92 Å². The number of rotatable bonds is 5. The summed E-state index contributed by atoms with van der Waals surface area (Å²) in [6.07, 6.45) is 2.78. The molecule has 1 aliphatic rings. The summed E-state index contributed by atoms with van der Waals surface area (Å²) in [6.45, 7) is 3.50. The summed E-state index contributed by atoms with van der Waals surface area (Å²) in [7, 11) is 1.68. The van der Waals surface area contributed by atoms with E-state index < -0.39 is 18.0 Å². The number of hydrogen-bond donors (Lipinski definition) is 2. The van der Waals surface area contributed by atoms with Crippen LogP contribution in [0.3, 0.4) is 0 Å². The molecule has 11 heteroatoms. The topological polar surface area (TPSA) is 133 Å². The second-order valence-corrected chi connectivity index (χ2v) is 6.78. The molecule has 0 bridgehead atoms. The largest absolute Gasteiger partial charge is 0.464 e. The lowest BCUT2D eigenvalue weighted by Gasteiger charge is -2.28. The molecule has 3 aromatic heterocycles. The Morgan fingerprint density at radius 1 is 1.33 bits per heavy atom. The number of aromatic nitrogens is 4. The lowest BCUT2D eigenvalue weighted by Crippen LogP contribution is -2.47. The molecule has 4 heterocycles. The zero-order valence-corrected chi connectivity index (χ0v) is 16.6. The standard InChI is InChI=1S/C19H20N6O5/c1-4-29-18(27)14-12(22-19(28)23-15(14)13-6-5-10(2)30-13)8-25-9-20-16-11(17(25)26)7-21-24(16)3/h5-7,9,15H,4,8H2,1-3H3,(H2,22,23,28)/t15-/m1/s1. The highest BCUT2D eigenvalue weighted by Gasteiger charge is 2.35. The van der Waals surface area contributed by atoms with Crippen molar-refractivity contribution < 1.29 is 18.7 Å². The molecule has 30 heavy (non-hydrogen) atoms. The van der Waals surface area contributed by atoms with Gasteiger partial charge >= 0.3 is 12.0 Å². The minimum Gasteiger partial charge on any atom is -0.464 e. The fourth-order valence-corrected chi connectivity index (χ4v) is 3.36. The van der Waals surface area contributed by atoms with E-state index in [4.69, 9.17) is 9.15 Å². The average molecular weight is 412 g/mol. The highest BCUT2D eigenvalue weighted by Crippen LogP contribution is 2.29. The fourth-order valence-electron chi connectivity index (χ4n) is 3.36. The fraction of sp³-hybridized carbons (Fsp3) is 0.316. The number of aryl methyl sites for hydroxylation is 2. The molecular weight excluding hydrogens is 392 g/mol. The van der Waals surface area contributed by atoms with Crippen molar-refractivity contribution in [2.24, 2.45) is 7.05 Å². The summed E-state index contributed by atoms with van der Waals surface area (Å²) >= 11 is 0. The first-order valence-electron chi connectivity index (χ1n) is 9.30. The Bertz CT molecular complexity index is 1230. The Labute approximate surface area is 170 Å². The van der Waals surface area contributed by atoms with Crippen LogP contribution in [-0.2, 0) is 23.1 Å². The lowest BCUT2D eigenvalue weighted by molar-refractivity contribution is -0.139. The molecule has 0 spiro atoms. The predicted molar refractivity (Wildman–Crippen MR) is 104 cm³/mol. The highest BCUT2D eigenvalue weighted by molar-refractivity contribution is 5.95. The van der Waals surface area contributed by atoms with Gasteiger partial charge in [0.15, 0.2) is 5.65 Å². The number of furan rings is 1. The first-order valence-corrected chi connectivity index (χ1v) is 9.30. The monoisotopic (exact) mass is 412 g/mol. The third-order valence-corrected chi connectivity index (χ3v) is 4.74. The molecular formula is C19H20N6O5. The van der Waals surface area contributed by atoms with Gasteiger partial charge in [-0.25, -0.2) is 14.6 Å². The summed E-state index contributed by atoms with van der Waals surface area (Å²) in [5.41, 5.74) is 0.475. The van der Waals surface area contributed by atoms with E-state index in [0.717, 1.165) is 0 Å². The number of hydrogen-bond acceptors (Lipinski definition) is 7. The maximum atomic E-state index is 12.8. The molecule has 0 radical (unpaired) electrons. The van der Waals surface area contributed by atoms with Gasteiger partial charge in [-0.05, 0) is 26.0 Å². The van der Waals surface area contributed by atoms with Gasteiger partial charge in [-0.2, -0.15) is 5.10 Å². The lowest BCUT2D eigenvalue weighted by atomic mass is 10.00. The Balaban J connectivity index is 1.82. The molecule has 4 rings (SSSR count). The number of nitrogens with zero attached hydrogens (tertiary/aromatic N) is 4. The van der Waals surface area contributed by atoms with Crippen LogP contribution < -0.4 is 16.2 Å². The van der Waals surface area contributed by atoms with Crippen molar-refractivity contribution in [3.8, 4) is 0 Å². The molecule has 1 aliphatic heterocycles. The van der Waals surface area contributed by atoms with Crippen molar-refractivity contribution >= 4 is 23.0 Å². The number of esters is 1. The van der Waals surface area contributed by atoms with E-state index in [-0.39, 0.29) is 30.0 Å². The van der Waals surface area contributed by atoms with Crippen molar-refractivity contribution in [2.45, 2.75) is 26.4 Å². The van der Waals surface area contributed by atoms with Crippen LogP contribution in [0.1, 0.15) is 24.5 Å². The molecule has 0 unspecified atom stereocenters. The van der Waals surface area contributed by atoms with E-state index in [1.54, 1.807) is 33.0 Å². The molecule has 0 saturated heterocycles. The van der Waals surface area contributed by atoms with Crippen molar-refractivity contribution in [1.82, 2.24) is 30.0 Å². The maximum Gasteiger partial charge on any atom is 0.338 e. The minimum absolute atomic E-state index is 0.0889. The number of nitrogens with one attached hydrogen (secondary N) is 2. The summed E-state index contributed by atoms with van der Waals surface area (Å²) in [4.78, 5) is 42.2. The molecule has 1 atom stereocenters. The molecule has 2 amide bonds. The minimum atomic E-state index is -0.854. The molecule has 0 saturated carbocycles. The first kappa shape index (κ1) is 19.4. The van der Waals surface area contributed by atoms with Gasteiger partial charge in [-0.15, -0.1) is 0 Å². The quantitative estimate of drug-likeness (QED) is 0.595. The number of allylic oxidation sites excluding steroid dienone is 1. The van der Waals surface area contributed by atoms with Crippen molar-refractivity contribution in [2.75, 3.05) is 6.61 Å². The molecule has 0 aromatic carbocycles. The van der Waals surface area contributed by atoms with Crippen LogP contribution in [0.2, 0.25) is 0 Å². The summed E-state index contributed by atoms with van der Waals surface area (Å²) in [5.74, 6) is 0.392. The Kier molecular flexibility index (Phi) is 4.86. The normalized spacial score (nSPS) is 16.5. The van der Waals surface area contributed by atoms with E-state index in [0.29, 0.717) is 22.6 Å². The Morgan fingerprint density at radius 2 is 2.13 bits per heavy atom. The molecule has 3 aromatic rings. The van der Waals surface area contributed by atoms with Crippen molar-refractivity contribution in [3.63, 3.8) is 0 Å². The van der Waals surface area contributed by atoms with E-state index in [1.165, 1.54) is 21.8 Å². The Morgan fingerprint density at radius 3 is 2.83 bits per heavy atom. The summed E-state index contributed by atoms with van der Waals surface area (Å²) in [6, 6.07) is 2.03. The predicted octanol–water partition coefficient (Wildman–Crippen LogP) is 0.903. The molecule has 156 valence electrons. The smallest absolute Gasteiger partial charge is 0.338 e. The van der Waals surface area contributed by atoms with E-state index in [9.17, 15) is 14.4 Å². The SMILES string of the molecule is CCOC(=O)C1=C(Cn2cnc3c(cnn3C)c2=O)NC(=O)N[C@@H]1c1ccc(C)o1. The van der Waals surface area contributed by atoms with Crippen LogP contribution in [0.25, 0.3) is 11.0 Å². The average Bonchev–Trinajstić information content (AvgIpc) is 3.30. The van der Waals surface area contributed by atoms with Gasteiger partial charge in [0.1, 0.15) is 29.3 Å². The Hall–Kier alpha value is -3.89. The molecule has 0 aliphatic carbocycles. The van der Waals surface area contributed by atoms with Gasteiger partial charge in [0.2, 0.25) is 0 Å². The van der Waals surface area contributed by atoms with Crippen LogP contribution in [0.15, 0.2) is 45.1 Å². The summed E-state index contributed by atoms with van der Waals surface area (Å²) < 4.78 is 13.6. The number of fused-ring (bicyclic) bond motifs is 1. The molecule has 0 fully saturated rings. The van der Waals surface area contributed by atoms with Gasteiger partial charge in [0.05, 0.1) is 30.6 Å². The second kappa shape index (κ2) is 7.50. The maximum absolute atomic E-state index is 12.8. The van der Waals surface area contributed by atoms with Gasteiger partial charge < -0.3 is 19.8 Å².